The summed E-state index contributed by atoms with van der Waals surface area (Å²) >= 11 is 1.92. The maximum Gasteiger partial charge on any atom is 0.198 e. The molecule has 220 valence electrons. The van der Waals surface area contributed by atoms with E-state index in [1.165, 1.54) is 103 Å². The molecular weight excluding hydrogens is 587 g/mol. The van der Waals surface area contributed by atoms with E-state index < -0.39 is 0 Å². The van der Waals surface area contributed by atoms with Crippen LogP contribution < -0.4 is 16.2 Å². The number of hydrogen-bond donors (Lipinski definition) is 1. The van der Waals surface area contributed by atoms with Gasteiger partial charge in [0, 0.05) is 64.2 Å². The molecule has 2 aliphatic rings. The lowest BCUT2D eigenvalue weighted by Gasteiger charge is -2.37. The highest BCUT2D eigenvalue weighted by Gasteiger charge is 2.35. The fraction of sp³-hybridized carbons (Fsp3) is 0.0698. The molecule has 0 fully saturated rings. The van der Waals surface area contributed by atoms with Gasteiger partial charge in [-0.2, -0.15) is 0 Å². The molecule has 47 heavy (non-hydrogen) atoms. The lowest BCUT2D eigenvalue weighted by molar-refractivity contribution is 0.638. The molecule has 0 saturated heterocycles. The molecule has 11 rings (SSSR count). The molecule has 0 unspecified atom stereocenters. The van der Waals surface area contributed by atoms with Crippen LogP contribution in [0.4, 0.5) is 11.4 Å². The summed E-state index contributed by atoms with van der Waals surface area (Å²) in [7, 11) is 0.889. The van der Waals surface area contributed by atoms with Crippen molar-refractivity contribution in [2.45, 2.75) is 19.3 Å². The molecule has 2 aliphatic heterocycles. The third-order valence-corrected chi connectivity index (χ3v) is 12.1. The number of nitrogens with zero attached hydrogens (tertiary/aromatic N) is 1. The van der Waals surface area contributed by atoms with Gasteiger partial charge in [-0.25, -0.2) is 0 Å². The van der Waals surface area contributed by atoms with E-state index in [4.69, 9.17) is 0 Å². The molecule has 0 spiro atoms. The first kappa shape index (κ1) is 25.8. The molecule has 0 atom stereocenters. The molecule has 0 saturated carbocycles. The molecule has 4 heteroatoms. The molecule has 2 nitrogen and oxygen atoms in total. The Morgan fingerprint density at radius 2 is 1.38 bits per heavy atom. The van der Waals surface area contributed by atoms with Crippen LogP contribution in [0, 0.1) is 0 Å². The lowest BCUT2D eigenvalue weighted by Crippen LogP contribution is -2.37. The number of fused-ring (bicyclic) bond motifs is 12. The monoisotopic (exact) mass is 616 g/mol. The van der Waals surface area contributed by atoms with Gasteiger partial charge in [0.1, 0.15) is 0 Å². The molecule has 0 bridgehead atoms. The summed E-state index contributed by atoms with van der Waals surface area (Å²) in [5.41, 5.74) is 14.4. The average molecular weight is 617 g/mol. The van der Waals surface area contributed by atoms with E-state index >= 15 is 0 Å². The second-order valence-electron chi connectivity index (χ2n) is 13.8. The summed E-state index contributed by atoms with van der Waals surface area (Å²) in [4.78, 5) is 0. The lowest BCUT2D eigenvalue weighted by atomic mass is 9.58. The van der Waals surface area contributed by atoms with Crippen molar-refractivity contribution in [2.75, 3.05) is 5.32 Å². The minimum atomic E-state index is -0.133. The van der Waals surface area contributed by atoms with Crippen molar-refractivity contribution in [1.82, 2.24) is 4.57 Å². The molecule has 0 radical (unpaired) electrons. The molecular formula is C43H29BN2S. The van der Waals surface area contributed by atoms with Crippen LogP contribution in [0.1, 0.15) is 25.0 Å². The van der Waals surface area contributed by atoms with Crippen molar-refractivity contribution < 1.29 is 0 Å². The zero-order chi connectivity index (χ0) is 31.0. The van der Waals surface area contributed by atoms with Gasteiger partial charge in [-0.3, -0.25) is 0 Å². The summed E-state index contributed by atoms with van der Waals surface area (Å²) < 4.78 is 5.28. The molecule has 2 aromatic heterocycles. The first-order valence-corrected chi connectivity index (χ1v) is 17.3. The van der Waals surface area contributed by atoms with Crippen LogP contribution in [0.25, 0.3) is 69.6 Å². The van der Waals surface area contributed by atoms with Gasteiger partial charge in [-0.15, -0.1) is 11.3 Å². The number of benzene rings is 7. The first-order chi connectivity index (χ1) is 23.1. The molecule has 7 aromatic carbocycles. The average Bonchev–Trinajstić information content (AvgIpc) is 3.65. The standard InChI is InChI=1S/C43H29BN2S/c1-43(2)30-16-6-7-19-33(30)45-40-29(15-9-17-31(40)43)38-37-28-13-5-8-20-35(28)47-36(37)23-34-39(38)44-32-18-10-14-26-27-22-21-24-11-3-4-12-25(24)41(27)46(34)42(26)32/h3-23,44-45H,1-2H3. The quantitative estimate of drug-likeness (QED) is 0.182. The number of anilines is 2. The largest absolute Gasteiger partial charge is 0.355 e. The van der Waals surface area contributed by atoms with E-state index in [9.17, 15) is 0 Å². The predicted molar refractivity (Wildman–Crippen MR) is 205 cm³/mol. The summed E-state index contributed by atoms with van der Waals surface area (Å²) in [5.74, 6) is 0. The minimum absolute atomic E-state index is 0.133. The Morgan fingerprint density at radius 1 is 0.638 bits per heavy atom. The second-order valence-corrected chi connectivity index (χ2v) is 14.8. The number of thiophene rings is 1. The van der Waals surface area contributed by atoms with Crippen LogP contribution in [0.2, 0.25) is 0 Å². The van der Waals surface area contributed by atoms with Crippen molar-refractivity contribution >= 4 is 93.7 Å². The predicted octanol–water partition coefficient (Wildman–Crippen LogP) is 10.1. The SMILES string of the molecule is CC1(C)c2ccccc2Nc2c(-c3c4c(cc5sc6ccccc6c35)-n3c5c(cccc5c5ccc6ccccc6c53)B4)cccc21. The number of aromatic nitrogens is 1. The van der Waals surface area contributed by atoms with Gasteiger partial charge in [0.15, 0.2) is 7.28 Å². The van der Waals surface area contributed by atoms with Crippen LogP contribution >= 0.6 is 11.3 Å². The third kappa shape index (κ3) is 3.26. The van der Waals surface area contributed by atoms with Crippen LogP contribution in [-0.2, 0) is 5.41 Å². The highest BCUT2D eigenvalue weighted by Crippen LogP contribution is 2.51. The Bertz CT molecular complexity index is 2840. The molecule has 4 heterocycles. The van der Waals surface area contributed by atoms with Gasteiger partial charge in [-0.05, 0) is 45.7 Å². The van der Waals surface area contributed by atoms with Crippen LogP contribution in [0.5, 0.6) is 0 Å². The topological polar surface area (TPSA) is 17.0 Å². The molecule has 1 N–H and O–H groups in total. The number of para-hydroxylation sites is 3. The van der Waals surface area contributed by atoms with E-state index in [2.05, 4.69) is 151 Å². The fourth-order valence-corrected chi connectivity index (χ4v) is 10.0. The Hall–Kier alpha value is -5.32. The zero-order valence-electron chi connectivity index (χ0n) is 26.2. The number of nitrogens with one attached hydrogen (secondary N) is 1. The molecule has 9 aromatic rings. The van der Waals surface area contributed by atoms with E-state index in [0.717, 1.165) is 7.28 Å². The van der Waals surface area contributed by atoms with Gasteiger partial charge in [0.05, 0.1) is 11.2 Å². The van der Waals surface area contributed by atoms with Gasteiger partial charge >= 0.3 is 0 Å². The van der Waals surface area contributed by atoms with Gasteiger partial charge in [-0.1, -0.05) is 129 Å². The first-order valence-electron chi connectivity index (χ1n) is 16.5. The van der Waals surface area contributed by atoms with E-state index in [-0.39, 0.29) is 5.41 Å². The van der Waals surface area contributed by atoms with Crippen LogP contribution in [0.3, 0.4) is 0 Å². The fourth-order valence-electron chi connectivity index (χ4n) is 8.89. The summed E-state index contributed by atoms with van der Waals surface area (Å²) in [6.07, 6.45) is 0. The summed E-state index contributed by atoms with van der Waals surface area (Å²) in [5, 5.41) is 11.9. The van der Waals surface area contributed by atoms with Crippen molar-refractivity contribution in [2.24, 2.45) is 0 Å². The second kappa shape index (κ2) is 8.93. The van der Waals surface area contributed by atoms with Crippen LogP contribution in [0.15, 0.2) is 127 Å². The van der Waals surface area contributed by atoms with Crippen molar-refractivity contribution in [3.8, 4) is 16.8 Å². The Balaban J connectivity index is 1.33. The normalized spacial score (nSPS) is 14.3. The van der Waals surface area contributed by atoms with E-state index in [0.29, 0.717) is 0 Å². The highest BCUT2D eigenvalue weighted by atomic mass is 32.1. The van der Waals surface area contributed by atoms with E-state index in [1.807, 2.05) is 11.3 Å². The molecule has 0 aliphatic carbocycles. The van der Waals surface area contributed by atoms with Gasteiger partial charge in [0.25, 0.3) is 0 Å². The highest BCUT2D eigenvalue weighted by molar-refractivity contribution is 7.26. The number of hydrogen-bond acceptors (Lipinski definition) is 2. The Kier molecular flexibility index (Phi) is 4.91. The molecule has 0 amide bonds. The Labute approximate surface area is 277 Å². The van der Waals surface area contributed by atoms with Crippen molar-refractivity contribution in [3.05, 3.63) is 139 Å². The number of rotatable bonds is 1. The van der Waals surface area contributed by atoms with Gasteiger partial charge < -0.3 is 9.88 Å². The minimum Gasteiger partial charge on any atom is -0.355 e. The van der Waals surface area contributed by atoms with Gasteiger partial charge in [0.2, 0.25) is 0 Å². The van der Waals surface area contributed by atoms with Crippen molar-refractivity contribution in [3.63, 3.8) is 0 Å². The maximum absolute atomic E-state index is 3.96. The Morgan fingerprint density at radius 3 is 2.32 bits per heavy atom. The zero-order valence-corrected chi connectivity index (χ0v) is 27.0. The third-order valence-electron chi connectivity index (χ3n) is 11.0. The summed E-state index contributed by atoms with van der Waals surface area (Å²) in [6, 6.07) is 47.6. The van der Waals surface area contributed by atoms with Crippen LogP contribution in [-0.4, -0.2) is 11.8 Å². The van der Waals surface area contributed by atoms with Crippen molar-refractivity contribution in [1.29, 1.82) is 0 Å². The summed E-state index contributed by atoms with van der Waals surface area (Å²) in [6.45, 7) is 4.74. The smallest absolute Gasteiger partial charge is 0.198 e. The van der Waals surface area contributed by atoms with E-state index in [1.54, 1.807) is 0 Å². The maximum atomic E-state index is 3.96.